The van der Waals surface area contributed by atoms with Crippen molar-refractivity contribution in [2.24, 2.45) is 5.73 Å². The van der Waals surface area contributed by atoms with Crippen molar-refractivity contribution < 1.29 is 14.6 Å². The molecule has 1 atom stereocenters. The molecular formula is C12H23N3O3. The van der Waals surface area contributed by atoms with Crippen molar-refractivity contribution in [1.29, 1.82) is 0 Å². The van der Waals surface area contributed by atoms with Gasteiger partial charge in [-0.1, -0.05) is 0 Å². The summed E-state index contributed by atoms with van der Waals surface area (Å²) in [5.41, 5.74) is 4.94. The molecule has 0 aromatic heterocycles. The van der Waals surface area contributed by atoms with Gasteiger partial charge in [-0.15, -0.1) is 0 Å². The molecular weight excluding hydrogens is 234 g/mol. The Morgan fingerprint density at radius 1 is 1.50 bits per heavy atom. The van der Waals surface area contributed by atoms with Crippen molar-refractivity contribution >= 4 is 5.91 Å². The van der Waals surface area contributed by atoms with Crippen molar-refractivity contribution in [3.8, 4) is 0 Å². The van der Waals surface area contributed by atoms with Gasteiger partial charge in [0.25, 0.3) is 0 Å². The van der Waals surface area contributed by atoms with E-state index in [-0.39, 0.29) is 18.5 Å². The van der Waals surface area contributed by atoms with E-state index < -0.39 is 5.60 Å². The molecule has 2 fully saturated rings. The molecule has 0 spiro atoms. The van der Waals surface area contributed by atoms with Gasteiger partial charge >= 0.3 is 0 Å². The van der Waals surface area contributed by atoms with Crippen LogP contribution in [0.25, 0.3) is 0 Å². The number of ether oxygens (including phenoxy) is 1. The summed E-state index contributed by atoms with van der Waals surface area (Å²) in [6.07, 6.45) is 2.49. The van der Waals surface area contributed by atoms with Crippen LogP contribution in [0.1, 0.15) is 19.3 Å². The molecule has 0 radical (unpaired) electrons. The maximum atomic E-state index is 11.8. The van der Waals surface area contributed by atoms with Crippen LogP contribution in [0, 0.1) is 0 Å². The normalized spacial score (nSPS) is 30.6. The molecule has 0 aromatic carbocycles. The largest absolute Gasteiger partial charge is 0.386 e. The Kier molecular flexibility index (Phi) is 4.55. The quantitative estimate of drug-likeness (QED) is 0.581. The number of aliphatic hydroxyl groups is 1. The van der Waals surface area contributed by atoms with Crippen molar-refractivity contribution in [3.63, 3.8) is 0 Å². The molecule has 2 rings (SSSR count). The van der Waals surface area contributed by atoms with E-state index in [1.807, 2.05) is 0 Å². The number of rotatable bonds is 4. The smallest absolute Gasteiger partial charge is 0.234 e. The van der Waals surface area contributed by atoms with Crippen LogP contribution in [0.2, 0.25) is 0 Å². The van der Waals surface area contributed by atoms with Gasteiger partial charge in [-0.3, -0.25) is 9.69 Å². The molecule has 2 saturated heterocycles. The topological polar surface area (TPSA) is 87.8 Å². The van der Waals surface area contributed by atoms with Crippen LogP contribution in [0.15, 0.2) is 0 Å². The summed E-state index contributed by atoms with van der Waals surface area (Å²) >= 11 is 0. The first-order valence-electron chi connectivity index (χ1n) is 6.62. The second-order valence-electron chi connectivity index (χ2n) is 5.42. The third-order valence-electron chi connectivity index (χ3n) is 3.70. The van der Waals surface area contributed by atoms with Crippen molar-refractivity contribution in [2.75, 3.05) is 39.4 Å². The zero-order valence-electron chi connectivity index (χ0n) is 10.7. The molecule has 104 valence electrons. The second-order valence-corrected chi connectivity index (χ2v) is 5.42. The highest BCUT2D eigenvalue weighted by molar-refractivity contribution is 5.78. The fraction of sp³-hybridized carbons (Fsp3) is 0.917. The average Bonchev–Trinajstić information content (AvgIpc) is 2.78. The first-order valence-corrected chi connectivity index (χ1v) is 6.62. The number of amides is 1. The van der Waals surface area contributed by atoms with E-state index >= 15 is 0 Å². The highest BCUT2D eigenvalue weighted by Crippen LogP contribution is 2.16. The molecule has 1 unspecified atom stereocenters. The molecule has 0 bridgehead atoms. The first kappa shape index (κ1) is 13.7. The Morgan fingerprint density at radius 2 is 2.22 bits per heavy atom. The Morgan fingerprint density at radius 3 is 2.83 bits per heavy atom. The van der Waals surface area contributed by atoms with Gasteiger partial charge in [-0.25, -0.2) is 0 Å². The molecule has 0 saturated carbocycles. The third kappa shape index (κ3) is 3.91. The molecule has 2 aliphatic heterocycles. The zero-order valence-corrected chi connectivity index (χ0v) is 10.7. The summed E-state index contributed by atoms with van der Waals surface area (Å²) in [6.45, 7) is 3.30. The predicted molar refractivity (Wildman–Crippen MR) is 67.0 cm³/mol. The minimum absolute atomic E-state index is 0.0363. The maximum absolute atomic E-state index is 11.8. The highest BCUT2D eigenvalue weighted by Gasteiger charge is 2.32. The first-order chi connectivity index (χ1) is 8.57. The summed E-state index contributed by atoms with van der Waals surface area (Å²) < 4.78 is 5.13. The van der Waals surface area contributed by atoms with Crippen LogP contribution < -0.4 is 11.1 Å². The van der Waals surface area contributed by atoms with E-state index in [0.717, 1.165) is 25.9 Å². The lowest BCUT2D eigenvalue weighted by molar-refractivity contribution is -0.123. The van der Waals surface area contributed by atoms with E-state index in [2.05, 4.69) is 10.2 Å². The summed E-state index contributed by atoms with van der Waals surface area (Å²) in [4.78, 5) is 13.9. The minimum atomic E-state index is -0.875. The lowest BCUT2D eigenvalue weighted by Gasteiger charge is -2.29. The van der Waals surface area contributed by atoms with Crippen molar-refractivity contribution in [2.45, 2.75) is 30.9 Å². The summed E-state index contributed by atoms with van der Waals surface area (Å²) in [5.74, 6) is -0.0363. The van der Waals surface area contributed by atoms with Gasteiger partial charge in [0.1, 0.15) is 5.60 Å². The van der Waals surface area contributed by atoms with Gasteiger partial charge in [0.05, 0.1) is 13.2 Å². The molecule has 18 heavy (non-hydrogen) atoms. The molecule has 6 nitrogen and oxygen atoms in total. The van der Waals surface area contributed by atoms with Crippen LogP contribution >= 0.6 is 0 Å². The number of carbonyl (C=O) groups is 1. The van der Waals surface area contributed by atoms with Gasteiger partial charge in [-0.05, 0) is 12.8 Å². The fourth-order valence-corrected chi connectivity index (χ4v) is 2.37. The van der Waals surface area contributed by atoms with Crippen molar-refractivity contribution in [1.82, 2.24) is 10.2 Å². The van der Waals surface area contributed by atoms with Crippen LogP contribution in [-0.2, 0) is 9.53 Å². The minimum Gasteiger partial charge on any atom is -0.386 e. The molecule has 0 aromatic rings. The van der Waals surface area contributed by atoms with Gasteiger partial charge in [0.2, 0.25) is 5.91 Å². The number of piperidine rings is 1. The lowest BCUT2D eigenvalue weighted by atomic mass is 10.0. The standard InChI is InChI=1S/C12H23N3O3/c13-10-1-4-15(5-2-10)7-11(16)14-8-12(17)3-6-18-9-12/h10,17H,1-9,13H2,(H,14,16). The number of hydrogen-bond donors (Lipinski definition) is 3. The molecule has 2 aliphatic rings. The second kappa shape index (κ2) is 5.97. The van der Waals surface area contributed by atoms with E-state index in [0.29, 0.717) is 26.2 Å². The third-order valence-corrected chi connectivity index (χ3v) is 3.70. The van der Waals surface area contributed by atoms with E-state index in [4.69, 9.17) is 10.5 Å². The number of carbonyl (C=O) groups excluding carboxylic acids is 1. The van der Waals surface area contributed by atoms with Crippen LogP contribution in [0.5, 0.6) is 0 Å². The van der Waals surface area contributed by atoms with Gasteiger partial charge < -0.3 is 20.9 Å². The molecule has 4 N–H and O–H groups in total. The summed E-state index contributed by atoms with van der Waals surface area (Å²) in [6, 6.07) is 0.278. The van der Waals surface area contributed by atoms with E-state index in [9.17, 15) is 9.90 Å². The Hall–Kier alpha value is -0.690. The summed E-state index contributed by atoms with van der Waals surface area (Å²) in [7, 11) is 0. The Balaban J connectivity index is 1.66. The number of nitrogens with zero attached hydrogens (tertiary/aromatic N) is 1. The van der Waals surface area contributed by atoms with E-state index in [1.54, 1.807) is 0 Å². The van der Waals surface area contributed by atoms with Gasteiger partial charge in [-0.2, -0.15) is 0 Å². The molecule has 0 aliphatic carbocycles. The predicted octanol–water partition coefficient (Wildman–Crippen LogP) is -1.32. The monoisotopic (exact) mass is 257 g/mol. The number of nitrogens with one attached hydrogen (secondary N) is 1. The van der Waals surface area contributed by atoms with Crippen molar-refractivity contribution in [3.05, 3.63) is 0 Å². The number of hydrogen-bond acceptors (Lipinski definition) is 5. The van der Waals surface area contributed by atoms with Crippen LogP contribution in [-0.4, -0.2) is 66.9 Å². The molecule has 2 heterocycles. The SMILES string of the molecule is NC1CCN(CC(=O)NCC2(O)CCOC2)CC1. The van der Waals surface area contributed by atoms with Gasteiger partial charge in [0, 0.05) is 38.7 Å². The number of likely N-dealkylation sites (tertiary alicyclic amines) is 1. The van der Waals surface area contributed by atoms with Gasteiger partial charge in [0.15, 0.2) is 0 Å². The fourth-order valence-electron chi connectivity index (χ4n) is 2.37. The zero-order chi connectivity index (χ0) is 13.0. The molecule has 1 amide bonds. The maximum Gasteiger partial charge on any atom is 0.234 e. The highest BCUT2D eigenvalue weighted by atomic mass is 16.5. The number of nitrogens with two attached hydrogens (primary N) is 1. The average molecular weight is 257 g/mol. The lowest BCUT2D eigenvalue weighted by Crippen LogP contribution is -2.48. The summed E-state index contributed by atoms with van der Waals surface area (Å²) in [5, 5.41) is 12.8. The van der Waals surface area contributed by atoms with Crippen LogP contribution in [0.4, 0.5) is 0 Å². The van der Waals surface area contributed by atoms with E-state index in [1.165, 1.54) is 0 Å². The Bertz CT molecular complexity index is 284. The van der Waals surface area contributed by atoms with Crippen LogP contribution in [0.3, 0.4) is 0 Å². The molecule has 6 heteroatoms. The Labute approximate surface area is 107 Å².